The Morgan fingerprint density at radius 3 is 2.14 bits per heavy atom. The summed E-state index contributed by atoms with van der Waals surface area (Å²) in [5, 5.41) is 0. The molecule has 0 nitrogen and oxygen atoms in total. The summed E-state index contributed by atoms with van der Waals surface area (Å²) in [6, 6.07) is 19.0. The number of hydrogen-bond acceptors (Lipinski definition) is 1. The predicted molar refractivity (Wildman–Crippen MR) is 57.5 cm³/mol. The minimum Gasteiger partial charge on any atom is -0.139 e. The fraction of sp³-hybridized carbons (Fsp3) is 0. The van der Waals surface area contributed by atoms with Gasteiger partial charge in [0, 0.05) is 0 Å². The molecule has 0 N–H and O–H groups in total. The molecule has 0 spiro atoms. The van der Waals surface area contributed by atoms with E-state index < -0.39 is 0 Å². The molecule has 2 aromatic carbocycles. The van der Waals surface area contributed by atoms with Gasteiger partial charge in [0.1, 0.15) is 0 Å². The van der Waals surface area contributed by atoms with Crippen LogP contribution >= 0.6 is 12.6 Å². The van der Waals surface area contributed by atoms with E-state index in [2.05, 4.69) is 61.2 Å². The lowest BCUT2D eigenvalue weighted by molar-refractivity contribution is -0.601. The Kier molecular flexibility index (Phi) is 3.48. The highest BCUT2D eigenvalue weighted by Gasteiger charge is 2.16. The minimum atomic E-state index is -0.0694. The molecule has 70 valence electrons. The van der Waals surface area contributed by atoms with Gasteiger partial charge in [-0.25, -0.2) is 0 Å². The van der Waals surface area contributed by atoms with Gasteiger partial charge < -0.3 is 0 Å². The summed E-state index contributed by atoms with van der Waals surface area (Å²) in [6.45, 7) is 0. The third kappa shape index (κ3) is 2.51. The molecule has 2 heteroatoms. The molecule has 0 aliphatic rings. The fourth-order valence-corrected chi connectivity index (χ4v) is 3.86. The SMILES string of the molecule is Sc1ccccc1[I+]c1ccccc1. The van der Waals surface area contributed by atoms with Gasteiger partial charge in [-0.1, -0.05) is 30.3 Å². The molecular weight excluding hydrogens is 303 g/mol. The van der Waals surface area contributed by atoms with E-state index in [9.17, 15) is 0 Å². The van der Waals surface area contributed by atoms with E-state index in [4.69, 9.17) is 0 Å². The molecule has 0 aromatic heterocycles. The summed E-state index contributed by atoms with van der Waals surface area (Å²) >= 11 is 4.39. The molecule has 0 amide bonds. The Hall–Kier alpha value is -0.480. The van der Waals surface area contributed by atoms with Crippen LogP contribution < -0.4 is 21.2 Å². The Morgan fingerprint density at radius 1 is 0.786 bits per heavy atom. The monoisotopic (exact) mass is 313 g/mol. The van der Waals surface area contributed by atoms with E-state index >= 15 is 0 Å². The molecule has 0 heterocycles. The second kappa shape index (κ2) is 4.84. The molecule has 0 atom stereocenters. The van der Waals surface area contributed by atoms with Crippen molar-refractivity contribution in [1.82, 2.24) is 0 Å². The van der Waals surface area contributed by atoms with Gasteiger partial charge in [0.2, 0.25) is 3.57 Å². The molecule has 14 heavy (non-hydrogen) atoms. The molecule has 0 aliphatic heterocycles. The van der Waals surface area contributed by atoms with Crippen molar-refractivity contribution in [2.75, 3.05) is 0 Å². The third-order valence-electron chi connectivity index (χ3n) is 1.80. The molecule has 0 aliphatic carbocycles. The van der Waals surface area contributed by atoms with Crippen LogP contribution in [0.2, 0.25) is 0 Å². The van der Waals surface area contributed by atoms with Gasteiger partial charge in [-0.2, -0.15) is 0 Å². The van der Waals surface area contributed by atoms with Crippen LogP contribution in [-0.4, -0.2) is 0 Å². The van der Waals surface area contributed by atoms with Crippen LogP contribution in [0.15, 0.2) is 59.5 Å². The average molecular weight is 313 g/mol. The number of benzene rings is 2. The zero-order valence-electron chi connectivity index (χ0n) is 7.52. The maximum absolute atomic E-state index is 4.46. The zero-order valence-corrected chi connectivity index (χ0v) is 10.6. The van der Waals surface area contributed by atoms with Gasteiger partial charge in [0.25, 0.3) is 0 Å². The van der Waals surface area contributed by atoms with Crippen molar-refractivity contribution in [1.29, 1.82) is 0 Å². The standard InChI is InChI=1S/C12H9IS/c14-12-9-5-4-8-11(12)13-10-6-2-1-3-7-10/h1-9H/p+1. The summed E-state index contributed by atoms with van der Waals surface area (Å²) in [5.41, 5.74) is 0. The molecule has 0 saturated carbocycles. The smallest absolute Gasteiger partial charge is 0.139 e. The predicted octanol–water partition coefficient (Wildman–Crippen LogP) is 0.104. The van der Waals surface area contributed by atoms with Crippen molar-refractivity contribution >= 4 is 12.6 Å². The maximum Gasteiger partial charge on any atom is 0.359 e. The number of halogens is 1. The molecule has 0 saturated heterocycles. The highest BCUT2D eigenvalue weighted by Crippen LogP contribution is 2.02. The second-order valence-electron chi connectivity index (χ2n) is 2.84. The summed E-state index contributed by atoms with van der Waals surface area (Å²) in [5.74, 6) is 0. The molecule has 0 fully saturated rings. The lowest BCUT2D eigenvalue weighted by Gasteiger charge is -1.90. The van der Waals surface area contributed by atoms with Gasteiger partial charge in [0.15, 0.2) is 3.57 Å². The van der Waals surface area contributed by atoms with Crippen LogP contribution in [0.4, 0.5) is 0 Å². The van der Waals surface area contributed by atoms with E-state index in [0.29, 0.717) is 0 Å². The normalized spacial score (nSPS) is 10.1. The lowest BCUT2D eigenvalue weighted by atomic mass is 10.4. The fourth-order valence-electron chi connectivity index (χ4n) is 1.13. The first-order chi connectivity index (χ1) is 6.86. The summed E-state index contributed by atoms with van der Waals surface area (Å²) in [7, 11) is 0. The van der Waals surface area contributed by atoms with Gasteiger partial charge in [-0.05, 0) is 24.3 Å². The van der Waals surface area contributed by atoms with E-state index in [1.54, 1.807) is 0 Å². The minimum absolute atomic E-state index is 0.0694. The van der Waals surface area contributed by atoms with E-state index in [0.717, 1.165) is 4.90 Å². The largest absolute Gasteiger partial charge is 0.359 e. The van der Waals surface area contributed by atoms with Gasteiger partial charge in [-0.3, -0.25) is 0 Å². The van der Waals surface area contributed by atoms with Crippen LogP contribution in [-0.2, 0) is 0 Å². The molecule has 0 bridgehead atoms. The second-order valence-corrected chi connectivity index (χ2v) is 6.27. The van der Waals surface area contributed by atoms with Crippen molar-refractivity contribution in [3.63, 3.8) is 0 Å². The first-order valence-electron chi connectivity index (χ1n) is 4.34. The highest BCUT2D eigenvalue weighted by molar-refractivity contribution is 7.80. The Labute approximate surface area is 100 Å². The van der Waals surface area contributed by atoms with Crippen LogP contribution in [0.25, 0.3) is 0 Å². The summed E-state index contributed by atoms with van der Waals surface area (Å²) < 4.78 is 2.83. The molecule has 0 unspecified atom stereocenters. The average Bonchev–Trinajstić information content (AvgIpc) is 2.23. The van der Waals surface area contributed by atoms with Crippen molar-refractivity contribution in [2.24, 2.45) is 0 Å². The Bertz CT molecular complexity index is 412. The molecule has 2 rings (SSSR count). The number of rotatable bonds is 2. The highest BCUT2D eigenvalue weighted by atomic mass is 127. The van der Waals surface area contributed by atoms with Crippen molar-refractivity contribution in [3.05, 3.63) is 61.7 Å². The molecule has 0 radical (unpaired) electrons. The summed E-state index contributed by atoms with van der Waals surface area (Å²) in [6.07, 6.45) is 0. The first-order valence-corrected chi connectivity index (χ1v) is 6.94. The number of thiol groups is 1. The van der Waals surface area contributed by atoms with Crippen molar-refractivity contribution in [2.45, 2.75) is 4.90 Å². The Balaban J connectivity index is 2.24. The van der Waals surface area contributed by atoms with Gasteiger partial charge in [-0.15, -0.1) is 12.6 Å². The van der Waals surface area contributed by atoms with Crippen LogP contribution in [0.5, 0.6) is 0 Å². The molecular formula is C12H10IS+. The van der Waals surface area contributed by atoms with E-state index in [-0.39, 0.29) is 21.2 Å². The zero-order chi connectivity index (χ0) is 9.80. The van der Waals surface area contributed by atoms with E-state index in [1.807, 2.05) is 6.07 Å². The van der Waals surface area contributed by atoms with Crippen LogP contribution in [0.1, 0.15) is 0 Å². The van der Waals surface area contributed by atoms with Gasteiger partial charge in [0.05, 0.1) is 4.90 Å². The molecule has 2 aromatic rings. The van der Waals surface area contributed by atoms with Crippen molar-refractivity contribution in [3.8, 4) is 0 Å². The maximum atomic E-state index is 4.46. The van der Waals surface area contributed by atoms with Crippen molar-refractivity contribution < 1.29 is 21.2 Å². The lowest BCUT2D eigenvalue weighted by Crippen LogP contribution is -3.61. The first kappa shape index (κ1) is 10.1. The van der Waals surface area contributed by atoms with Crippen LogP contribution in [0, 0.1) is 7.14 Å². The topological polar surface area (TPSA) is 0 Å². The quantitative estimate of drug-likeness (QED) is 0.590. The Morgan fingerprint density at radius 2 is 1.43 bits per heavy atom. The summed E-state index contributed by atoms with van der Waals surface area (Å²) in [4.78, 5) is 1.11. The third-order valence-corrected chi connectivity index (χ3v) is 5.48. The van der Waals surface area contributed by atoms with Gasteiger partial charge >= 0.3 is 21.2 Å². The number of hydrogen-bond donors (Lipinski definition) is 1. The van der Waals surface area contributed by atoms with E-state index in [1.165, 1.54) is 7.14 Å². The van der Waals surface area contributed by atoms with Crippen LogP contribution in [0.3, 0.4) is 0 Å².